The molecular formula is C16H16ClN3. The number of hydrogen-bond acceptors (Lipinski definition) is 2. The molecule has 3 nitrogen and oxygen atoms in total. The second-order valence-corrected chi connectivity index (χ2v) is 5.37. The number of benzene rings is 1. The summed E-state index contributed by atoms with van der Waals surface area (Å²) in [4.78, 5) is 9.13. The summed E-state index contributed by atoms with van der Waals surface area (Å²) in [7, 11) is 0. The molecule has 20 heavy (non-hydrogen) atoms. The molecule has 0 aliphatic rings. The molecule has 0 saturated heterocycles. The van der Waals surface area contributed by atoms with Crippen molar-refractivity contribution in [3.63, 3.8) is 0 Å². The van der Waals surface area contributed by atoms with E-state index in [4.69, 9.17) is 11.6 Å². The average molecular weight is 286 g/mol. The molecule has 0 N–H and O–H groups in total. The van der Waals surface area contributed by atoms with E-state index >= 15 is 0 Å². The standard InChI is InChI=1S/C16H16ClN3/c1-11-8-12(2)10-13(9-11)20-15(5-6-17)19-14-4-3-7-18-16(14)20/h3-4,7-10H,5-6H2,1-2H3. The second-order valence-electron chi connectivity index (χ2n) is 4.99. The zero-order chi connectivity index (χ0) is 14.1. The summed E-state index contributed by atoms with van der Waals surface area (Å²) in [6.07, 6.45) is 2.53. The Bertz CT molecular complexity index is 741. The minimum Gasteiger partial charge on any atom is -0.281 e. The number of aromatic nitrogens is 3. The summed E-state index contributed by atoms with van der Waals surface area (Å²) in [6, 6.07) is 10.4. The lowest BCUT2D eigenvalue weighted by Crippen LogP contribution is -2.03. The molecular weight excluding hydrogens is 270 g/mol. The van der Waals surface area contributed by atoms with Crippen molar-refractivity contribution in [1.29, 1.82) is 0 Å². The molecule has 2 heterocycles. The van der Waals surface area contributed by atoms with Crippen LogP contribution in [0.2, 0.25) is 0 Å². The van der Waals surface area contributed by atoms with E-state index in [2.05, 4.69) is 46.6 Å². The molecule has 0 unspecified atom stereocenters. The Morgan fingerprint density at radius 3 is 2.60 bits per heavy atom. The number of rotatable bonds is 3. The van der Waals surface area contributed by atoms with E-state index in [1.165, 1.54) is 11.1 Å². The summed E-state index contributed by atoms with van der Waals surface area (Å²) in [5.41, 5.74) is 5.36. The van der Waals surface area contributed by atoms with Crippen LogP contribution in [0.1, 0.15) is 17.0 Å². The van der Waals surface area contributed by atoms with Gasteiger partial charge in [0.05, 0.1) is 0 Å². The van der Waals surface area contributed by atoms with Gasteiger partial charge in [-0.25, -0.2) is 9.97 Å². The van der Waals surface area contributed by atoms with E-state index < -0.39 is 0 Å². The monoisotopic (exact) mass is 285 g/mol. The van der Waals surface area contributed by atoms with Crippen LogP contribution >= 0.6 is 11.6 Å². The van der Waals surface area contributed by atoms with Gasteiger partial charge in [0.2, 0.25) is 0 Å². The molecule has 0 fully saturated rings. The lowest BCUT2D eigenvalue weighted by Gasteiger charge is -2.10. The zero-order valence-corrected chi connectivity index (χ0v) is 12.4. The molecule has 0 atom stereocenters. The number of fused-ring (bicyclic) bond motifs is 1. The van der Waals surface area contributed by atoms with E-state index in [-0.39, 0.29) is 0 Å². The van der Waals surface area contributed by atoms with Crippen LogP contribution in [0.4, 0.5) is 0 Å². The first-order chi connectivity index (χ1) is 9.69. The number of nitrogens with zero attached hydrogens (tertiary/aromatic N) is 3. The van der Waals surface area contributed by atoms with Gasteiger partial charge in [-0.15, -0.1) is 11.6 Å². The zero-order valence-electron chi connectivity index (χ0n) is 11.6. The normalized spacial score (nSPS) is 11.2. The maximum absolute atomic E-state index is 5.91. The largest absolute Gasteiger partial charge is 0.281 e. The average Bonchev–Trinajstić information content (AvgIpc) is 2.76. The smallest absolute Gasteiger partial charge is 0.164 e. The predicted molar refractivity (Wildman–Crippen MR) is 82.8 cm³/mol. The first-order valence-electron chi connectivity index (χ1n) is 6.66. The third-order valence-corrected chi connectivity index (χ3v) is 3.46. The second kappa shape index (κ2) is 5.25. The van der Waals surface area contributed by atoms with E-state index in [0.717, 1.165) is 29.1 Å². The van der Waals surface area contributed by atoms with E-state index in [1.807, 2.05) is 12.1 Å². The van der Waals surface area contributed by atoms with Gasteiger partial charge < -0.3 is 0 Å². The molecule has 4 heteroatoms. The maximum Gasteiger partial charge on any atom is 0.164 e. The van der Waals surface area contributed by atoms with Gasteiger partial charge in [-0.3, -0.25) is 4.57 Å². The molecule has 0 saturated carbocycles. The SMILES string of the molecule is Cc1cc(C)cc(-n2c(CCCl)nc3cccnc32)c1. The highest BCUT2D eigenvalue weighted by Gasteiger charge is 2.13. The first kappa shape index (κ1) is 13.1. The molecule has 2 aromatic heterocycles. The maximum atomic E-state index is 5.91. The Balaban J connectivity index is 2.29. The number of alkyl halides is 1. The van der Waals surface area contributed by atoms with Crippen molar-refractivity contribution in [2.45, 2.75) is 20.3 Å². The number of halogens is 1. The summed E-state index contributed by atoms with van der Waals surface area (Å²) >= 11 is 5.91. The first-order valence-corrected chi connectivity index (χ1v) is 7.19. The fourth-order valence-electron chi connectivity index (χ4n) is 2.56. The Kier molecular flexibility index (Phi) is 3.45. The molecule has 1 aromatic carbocycles. The summed E-state index contributed by atoms with van der Waals surface area (Å²) in [6.45, 7) is 4.20. The third-order valence-electron chi connectivity index (χ3n) is 3.27. The van der Waals surface area contributed by atoms with Crippen molar-refractivity contribution >= 4 is 22.8 Å². The number of pyridine rings is 1. The Labute approximate surface area is 123 Å². The van der Waals surface area contributed by atoms with Gasteiger partial charge in [0.25, 0.3) is 0 Å². The van der Waals surface area contributed by atoms with Gasteiger partial charge in [-0.2, -0.15) is 0 Å². The van der Waals surface area contributed by atoms with Crippen LogP contribution in [-0.4, -0.2) is 20.4 Å². The highest BCUT2D eigenvalue weighted by Crippen LogP contribution is 2.22. The van der Waals surface area contributed by atoms with Crippen LogP contribution in [-0.2, 0) is 6.42 Å². The molecule has 0 spiro atoms. The molecule has 0 amide bonds. The van der Waals surface area contributed by atoms with Gasteiger partial charge in [0.15, 0.2) is 5.65 Å². The van der Waals surface area contributed by atoms with Crippen LogP contribution in [0, 0.1) is 13.8 Å². The van der Waals surface area contributed by atoms with Crippen molar-refractivity contribution in [1.82, 2.24) is 14.5 Å². The van der Waals surface area contributed by atoms with Crippen LogP contribution in [0.3, 0.4) is 0 Å². The molecule has 0 bridgehead atoms. The Morgan fingerprint density at radius 2 is 1.90 bits per heavy atom. The summed E-state index contributed by atoms with van der Waals surface area (Å²) in [5.74, 6) is 1.51. The molecule has 0 aliphatic heterocycles. The lowest BCUT2D eigenvalue weighted by atomic mass is 10.1. The molecule has 0 radical (unpaired) electrons. The van der Waals surface area contributed by atoms with Crippen LogP contribution in [0.25, 0.3) is 16.9 Å². The van der Waals surface area contributed by atoms with Crippen molar-refractivity contribution in [3.8, 4) is 5.69 Å². The summed E-state index contributed by atoms with van der Waals surface area (Å²) in [5, 5.41) is 0. The minimum atomic E-state index is 0.550. The van der Waals surface area contributed by atoms with Gasteiger partial charge in [-0.05, 0) is 49.2 Å². The van der Waals surface area contributed by atoms with Crippen molar-refractivity contribution in [3.05, 3.63) is 53.5 Å². The lowest BCUT2D eigenvalue weighted by molar-refractivity contribution is 0.903. The topological polar surface area (TPSA) is 30.7 Å². The quantitative estimate of drug-likeness (QED) is 0.685. The van der Waals surface area contributed by atoms with Crippen LogP contribution < -0.4 is 0 Å². The molecule has 0 aliphatic carbocycles. The van der Waals surface area contributed by atoms with Gasteiger partial charge in [-0.1, -0.05) is 6.07 Å². The molecule has 3 aromatic rings. The Morgan fingerprint density at radius 1 is 1.15 bits per heavy atom. The van der Waals surface area contributed by atoms with Gasteiger partial charge in [0, 0.05) is 24.2 Å². The molecule has 3 rings (SSSR count). The fraction of sp³-hybridized carbons (Fsp3) is 0.250. The van der Waals surface area contributed by atoms with Gasteiger partial charge in [0.1, 0.15) is 11.3 Å². The third kappa shape index (κ3) is 2.29. The fourth-order valence-corrected chi connectivity index (χ4v) is 2.73. The van der Waals surface area contributed by atoms with Crippen LogP contribution in [0.15, 0.2) is 36.5 Å². The number of imidazole rings is 1. The van der Waals surface area contributed by atoms with Crippen molar-refractivity contribution in [2.75, 3.05) is 5.88 Å². The predicted octanol–water partition coefficient (Wildman–Crippen LogP) is 3.82. The van der Waals surface area contributed by atoms with E-state index in [0.29, 0.717) is 5.88 Å². The summed E-state index contributed by atoms with van der Waals surface area (Å²) < 4.78 is 2.11. The number of aryl methyl sites for hydroxylation is 3. The minimum absolute atomic E-state index is 0.550. The Hall–Kier alpha value is -1.87. The van der Waals surface area contributed by atoms with E-state index in [9.17, 15) is 0 Å². The molecule has 102 valence electrons. The van der Waals surface area contributed by atoms with Crippen LogP contribution in [0.5, 0.6) is 0 Å². The van der Waals surface area contributed by atoms with Crippen molar-refractivity contribution in [2.24, 2.45) is 0 Å². The highest BCUT2D eigenvalue weighted by atomic mass is 35.5. The van der Waals surface area contributed by atoms with Crippen molar-refractivity contribution < 1.29 is 0 Å². The van der Waals surface area contributed by atoms with Gasteiger partial charge >= 0.3 is 0 Å². The van der Waals surface area contributed by atoms with E-state index in [1.54, 1.807) is 6.20 Å². The number of hydrogen-bond donors (Lipinski definition) is 0. The highest BCUT2D eigenvalue weighted by molar-refractivity contribution is 6.17.